The summed E-state index contributed by atoms with van der Waals surface area (Å²) < 4.78 is 5.86. The number of hydrogen-bond acceptors (Lipinski definition) is 5. The number of aromatic nitrogens is 1. The van der Waals surface area contributed by atoms with Crippen LogP contribution in [0.1, 0.15) is 17.3 Å². The number of carbonyl (C=O) groups is 2. The number of likely N-dealkylation sites (N-methyl/N-ethyl adjacent to an activating group) is 1. The molecule has 0 bridgehead atoms. The Morgan fingerprint density at radius 3 is 2.62 bits per heavy atom. The minimum Gasteiger partial charge on any atom is -0.465 e. The fourth-order valence-electron chi connectivity index (χ4n) is 1.93. The summed E-state index contributed by atoms with van der Waals surface area (Å²) in [5, 5.41) is 0.598. The second-order valence-corrected chi connectivity index (χ2v) is 6.86. The molecule has 0 unspecified atom stereocenters. The lowest BCUT2D eigenvalue weighted by atomic mass is 10.2. The monoisotopic (exact) mass is 408 g/mol. The van der Waals surface area contributed by atoms with Crippen LogP contribution in [0.15, 0.2) is 57.0 Å². The van der Waals surface area contributed by atoms with E-state index < -0.39 is 5.97 Å². The molecule has 0 aliphatic carbocycles. The van der Waals surface area contributed by atoms with E-state index in [9.17, 15) is 9.59 Å². The summed E-state index contributed by atoms with van der Waals surface area (Å²) in [5.74, 6) is -0.699. The first-order chi connectivity index (χ1) is 11.5. The van der Waals surface area contributed by atoms with E-state index in [0.29, 0.717) is 17.2 Å². The van der Waals surface area contributed by atoms with Crippen LogP contribution in [0, 0.1) is 0 Å². The molecule has 5 nitrogen and oxygen atoms in total. The third-order valence-corrected chi connectivity index (χ3v) is 4.60. The maximum Gasteiger partial charge on any atom is 0.325 e. The van der Waals surface area contributed by atoms with Gasteiger partial charge in [0.25, 0.3) is 5.91 Å². The van der Waals surface area contributed by atoms with Crippen molar-refractivity contribution in [1.29, 1.82) is 0 Å². The van der Waals surface area contributed by atoms with Gasteiger partial charge in [0, 0.05) is 22.6 Å². The number of carbonyl (C=O) groups excluding carboxylic acids is 2. The lowest BCUT2D eigenvalue weighted by Crippen LogP contribution is -2.33. The lowest BCUT2D eigenvalue weighted by molar-refractivity contribution is -0.143. The first-order valence-electron chi connectivity index (χ1n) is 7.30. The minimum absolute atomic E-state index is 0.0933. The molecule has 0 radical (unpaired) electrons. The molecule has 2 rings (SSSR count). The van der Waals surface area contributed by atoms with Crippen LogP contribution in [0.5, 0.6) is 0 Å². The molecule has 0 spiro atoms. The SMILES string of the molecule is CCOC(=O)CN(C)C(=O)c1cccnc1Sc1ccc(Br)cc1. The van der Waals surface area contributed by atoms with Crippen molar-refractivity contribution in [2.75, 3.05) is 20.2 Å². The number of rotatable bonds is 6. The highest BCUT2D eigenvalue weighted by molar-refractivity contribution is 9.10. The number of ether oxygens (including phenoxy) is 1. The Kier molecular flexibility index (Phi) is 6.81. The summed E-state index contributed by atoms with van der Waals surface area (Å²) in [6.45, 7) is 1.93. The molecule has 0 saturated heterocycles. The van der Waals surface area contributed by atoms with E-state index in [0.717, 1.165) is 9.37 Å². The van der Waals surface area contributed by atoms with Gasteiger partial charge in [0.2, 0.25) is 0 Å². The van der Waals surface area contributed by atoms with Crippen molar-refractivity contribution >= 4 is 39.6 Å². The smallest absolute Gasteiger partial charge is 0.325 e. The van der Waals surface area contributed by atoms with Crippen molar-refractivity contribution in [2.24, 2.45) is 0 Å². The number of amides is 1. The van der Waals surface area contributed by atoms with E-state index in [1.807, 2.05) is 24.3 Å². The predicted octanol–water partition coefficient (Wildman–Crippen LogP) is 3.63. The minimum atomic E-state index is -0.431. The van der Waals surface area contributed by atoms with Crippen molar-refractivity contribution in [2.45, 2.75) is 16.8 Å². The summed E-state index contributed by atoms with van der Waals surface area (Å²) in [6.07, 6.45) is 1.64. The highest BCUT2D eigenvalue weighted by Gasteiger charge is 2.19. The largest absolute Gasteiger partial charge is 0.465 e. The Morgan fingerprint density at radius 2 is 1.96 bits per heavy atom. The predicted molar refractivity (Wildman–Crippen MR) is 96.1 cm³/mol. The van der Waals surface area contributed by atoms with Crippen LogP contribution in [-0.4, -0.2) is 42.0 Å². The van der Waals surface area contributed by atoms with Gasteiger partial charge in [-0.1, -0.05) is 27.7 Å². The number of halogens is 1. The number of pyridine rings is 1. The first-order valence-corrected chi connectivity index (χ1v) is 8.91. The zero-order valence-electron chi connectivity index (χ0n) is 13.4. The molecule has 0 atom stereocenters. The van der Waals surface area contributed by atoms with Gasteiger partial charge in [0.1, 0.15) is 11.6 Å². The summed E-state index contributed by atoms with van der Waals surface area (Å²) in [6, 6.07) is 11.2. The van der Waals surface area contributed by atoms with E-state index in [4.69, 9.17) is 4.74 Å². The molecule has 0 aliphatic rings. The van der Waals surface area contributed by atoms with Gasteiger partial charge in [-0.3, -0.25) is 9.59 Å². The molecule has 0 N–H and O–H groups in total. The van der Waals surface area contributed by atoms with Gasteiger partial charge < -0.3 is 9.64 Å². The fourth-order valence-corrected chi connectivity index (χ4v) is 3.07. The highest BCUT2D eigenvalue weighted by Crippen LogP contribution is 2.30. The molecular weight excluding hydrogens is 392 g/mol. The van der Waals surface area contributed by atoms with Gasteiger partial charge in [-0.05, 0) is 43.3 Å². The van der Waals surface area contributed by atoms with Crippen molar-refractivity contribution in [3.05, 3.63) is 52.6 Å². The fraction of sp³-hybridized carbons (Fsp3) is 0.235. The summed E-state index contributed by atoms with van der Waals surface area (Å²) >= 11 is 4.80. The van der Waals surface area contributed by atoms with Gasteiger partial charge in [0.05, 0.1) is 12.2 Å². The normalized spacial score (nSPS) is 10.3. The van der Waals surface area contributed by atoms with Crippen molar-refractivity contribution in [3.8, 4) is 0 Å². The summed E-state index contributed by atoms with van der Waals surface area (Å²) in [7, 11) is 1.57. The molecule has 24 heavy (non-hydrogen) atoms. The third-order valence-electron chi connectivity index (χ3n) is 3.05. The quantitative estimate of drug-likeness (QED) is 0.682. The molecule has 0 aliphatic heterocycles. The topological polar surface area (TPSA) is 59.5 Å². The Hall–Kier alpha value is -1.86. The van der Waals surface area contributed by atoms with Gasteiger partial charge in [0.15, 0.2) is 0 Å². The molecule has 1 amide bonds. The van der Waals surface area contributed by atoms with Crippen LogP contribution in [0.3, 0.4) is 0 Å². The standard InChI is InChI=1S/C17H17BrN2O3S/c1-3-23-15(21)11-20(2)17(22)14-5-4-10-19-16(14)24-13-8-6-12(18)7-9-13/h4-10H,3,11H2,1-2H3. The van der Waals surface area contributed by atoms with E-state index in [1.54, 1.807) is 32.3 Å². The van der Waals surface area contributed by atoms with Gasteiger partial charge in [-0.15, -0.1) is 0 Å². The Morgan fingerprint density at radius 1 is 1.25 bits per heavy atom. The maximum absolute atomic E-state index is 12.6. The zero-order chi connectivity index (χ0) is 17.5. The summed E-state index contributed by atoms with van der Waals surface area (Å²) in [5.41, 5.74) is 0.456. The Balaban J connectivity index is 2.16. The number of hydrogen-bond donors (Lipinski definition) is 0. The van der Waals surface area contributed by atoms with Crippen LogP contribution < -0.4 is 0 Å². The van der Waals surface area contributed by atoms with Gasteiger partial charge in [-0.25, -0.2) is 4.98 Å². The van der Waals surface area contributed by atoms with Crippen LogP contribution >= 0.6 is 27.7 Å². The number of esters is 1. The molecule has 0 saturated carbocycles. The number of benzene rings is 1. The average molecular weight is 409 g/mol. The summed E-state index contributed by atoms with van der Waals surface area (Å²) in [4.78, 5) is 30.8. The van der Waals surface area contributed by atoms with E-state index in [-0.39, 0.29) is 12.5 Å². The van der Waals surface area contributed by atoms with Crippen LogP contribution in [0.4, 0.5) is 0 Å². The first kappa shape index (κ1) is 18.5. The third kappa shape index (κ3) is 5.07. The van der Waals surface area contributed by atoms with Crippen molar-refractivity contribution in [1.82, 2.24) is 9.88 Å². The van der Waals surface area contributed by atoms with E-state index in [2.05, 4.69) is 20.9 Å². The molecule has 1 aromatic heterocycles. The van der Waals surface area contributed by atoms with Gasteiger partial charge in [-0.2, -0.15) is 0 Å². The van der Waals surface area contributed by atoms with Crippen LogP contribution in [0.2, 0.25) is 0 Å². The van der Waals surface area contributed by atoms with Crippen molar-refractivity contribution in [3.63, 3.8) is 0 Å². The van der Waals surface area contributed by atoms with Crippen LogP contribution in [0.25, 0.3) is 0 Å². The average Bonchev–Trinajstić information content (AvgIpc) is 2.57. The highest BCUT2D eigenvalue weighted by atomic mass is 79.9. The molecular formula is C17H17BrN2O3S. The lowest BCUT2D eigenvalue weighted by Gasteiger charge is -2.17. The molecule has 1 aromatic carbocycles. The molecule has 2 aromatic rings. The second kappa shape index (κ2) is 8.84. The molecule has 1 heterocycles. The van der Waals surface area contributed by atoms with Crippen molar-refractivity contribution < 1.29 is 14.3 Å². The van der Waals surface area contributed by atoms with Gasteiger partial charge >= 0.3 is 5.97 Å². The molecule has 7 heteroatoms. The maximum atomic E-state index is 12.6. The molecule has 126 valence electrons. The van der Waals surface area contributed by atoms with E-state index >= 15 is 0 Å². The number of nitrogens with zero attached hydrogens (tertiary/aromatic N) is 2. The zero-order valence-corrected chi connectivity index (χ0v) is 15.8. The Labute approximate surface area is 153 Å². The Bertz CT molecular complexity index is 722. The second-order valence-electron chi connectivity index (χ2n) is 4.88. The van der Waals surface area contributed by atoms with Crippen LogP contribution in [-0.2, 0) is 9.53 Å². The van der Waals surface area contributed by atoms with E-state index in [1.165, 1.54) is 16.7 Å². The molecule has 0 fully saturated rings.